The summed E-state index contributed by atoms with van der Waals surface area (Å²) in [6.45, 7) is 2.20. The van der Waals surface area contributed by atoms with E-state index in [1.807, 2.05) is 0 Å². The monoisotopic (exact) mass is 168 g/mol. The number of H-pyrrole nitrogens is 1. The van der Waals surface area contributed by atoms with Gasteiger partial charge < -0.3 is 9.72 Å². The molecule has 0 spiro atoms. The second-order valence-corrected chi connectivity index (χ2v) is 2.40. The van der Waals surface area contributed by atoms with Gasteiger partial charge in [-0.2, -0.15) is 0 Å². The van der Waals surface area contributed by atoms with E-state index in [1.165, 1.54) is 0 Å². The molecule has 0 aliphatic heterocycles. The van der Waals surface area contributed by atoms with E-state index >= 15 is 0 Å². The van der Waals surface area contributed by atoms with Crippen LogP contribution in [0.25, 0.3) is 0 Å². The van der Waals surface area contributed by atoms with E-state index in [9.17, 15) is 4.79 Å². The van der Waals surface area contributed by atoms with Crippen molar-refractivity contribution in [2.75, 3.05) is 6.61 Å². The zero-order chi connectivity index (χ0) is 8.81. The van der Waals surface area contributed by atoms with Crippen molar-refractivity contribution >= 4 is 5.97 Å². The first-order chi connectivity index (χ1) is 5.83. The van der Waals surface area contributed by atoms with Crippen LogP contribution in [0.2, 0.25) is 0 Å². The second kappa shape index (κ2) is 4.54. The van der Waals surface area contributed by atoms with E-state index in [1.54, 1.807) is 19.4 Å². The van der Waals surface area contributed by atoms with Crippen molar-refractivity contribution in [3.8, 4) is 0 Å². The Balaban J connectivity index is 2.15. The lowest BCUT2D eigenvalue weighted by Gasteiger charge is -2.00. The zero-order valence-corrected chi connectivity index (χ0v) is 7.04. The van der Waals surface area contributed by atoms with Crippen molar-refractivity contribution in [1.29, 1.82) is 0 Å². The fraction of sp³-hybridized carbons (Fsp3) is 0.500. The number of ether oxygens (including phenoxy) is 1. The lowest BCUT2D eigenvalue weighted by Crippen LogP contribution is -2.05. The second-order valence-electron chi connectivity index (χ2n) is 2.40. The minimum Gasteiger partial charge on any atom is -0.465 e. The summed E-state index contributed by atoms with van der Waals surface area (Å²) in [6.07, 6.45) is 4.46. The molecule has 66 valence electrons. The molecule has 4 nitrogen and oxygen atoms in total. The average molecular weight is 168 g/mol. The van der Waals surface area contributed by atoms with E-state index in [2.05, 4.69) is 9.97 Å². The van der Waals surface area contributed by atoms with Crippen molar-refractivity contribution in [3.63, 3.8) is 0 Å². The molecule has 1 N–H and O–H groups in total. The number of nitrogens with zero attached hydrogens (tertiary/aromatic N) is 1. The van der Waals surface area contributed by atoms with Crippen LogP contribution in [0.5, 0.6) is 0 Å². The Hall–Kier alpha value is -1.32. The van der Waals surface area contributed by atoms with Crippen molar-refractivity contribution < 1.29 is 9.53 Å². The predicted octanol–water partition coefficient (Wildman–Crippen LogP) is 0.905. The molecule has 0 unspecified atom stereocenters. The highest BCUT2D eigenvalue weighted by Gasteiger charge is 1.98. The number of carbonyl (C=O) groups excluding carboxylic acids is 1. The SMILES string of the molecule is CCC(=O)OCCc1cnc[nH]1. The maximum Gasteiger partial charge on any atom is 0.305 e. The maximum atomic E-state index is 10.7. The number of nitrogens with one attached hydrogen (secondary N) is 1. The molecule has 1 heterocycles. The summed E-state index contributed by atoms with van der Waals surface area (Å²) < 4.78 is 4.88. The lowest BCUT2D eigenvalue weighted by atomic mass is 10.3. The number of imidazole rings is 1. The Labute approximate surface area is 71.0 Å². The van der Waals surface area contributed by atoms with Gasteiger partial charge in [-0.3, -0.25) is 4.79 Å². The van der Waals surface area contributed by atoms with Gasteiger partial charge in [-0.05, 0) is 0 Å². The van der Waals surface area contributed by atoms with Crippen LogP contribution in [0.1, 0.15) is 19.0 Å². The summed E-state index contributed by atoms with van der Waals surface area (Å²) in [7, 11) is 0. The van der Waals surface area contributed by atoms with Gasteiger partial charge in [-0.15, -0.1) is 0 Å². The first-order valence-electron chi connectivity index (χ1n) is 3.95. The summed E-state index contributed by atoms with van der Waals surface area (Å²) in [6, 6.07) is 0. The molecular formula is C8H12N2O2. The Morgan fingerprint density at radius 1 is 1.75 bits per heavy atom. The quantitative estimate of drug-likeness (QED) is 0.680. The van der Waals surface area contributed by atoms with Gasteiger partial charge in [0.15, 0.2) is 0 Å². The molecule has 1 rings (SSSR count). The standard InChI is InChI=1S/C8H12N2O2/c1-2-8(11)12-4-3-7-5-9-6-10-7/h5-6H,2-4H2,1H3,(H,9,10). The Kier molecular flexibility index (Phi) is 3.32. The minimum absolute atomic E-state index is 0.158. The van der Waals surface area contributed by atoms with Gasteiger partial charge in [0.2, 0.25) is 0 Å². The summed E-state index contributed by atoms with van der Waals surface area (Å²) in [5, 5.41) is 0. The van der Waals surface area contributed by atoms with Gasteiger partial charge in [0.25, 0.3) is 0 Å². The molecule has 0 amide bonds. The summed E-state index contributed by atoms with van der Waals surface area (Å²) >= 11 is 0. The van der Waals surface area contributed by atoms with Gasteiger partial charge in [0.1, 0.15) is 0 Å². The summed E-state index contributed by atoms with van der Waals surface area (Å²) in [5.74, 6) is -0.158. The van der Waals surface area contributed by atoms with Gasteiger partial charge in [0.05, 0.1) is 12.9 Å². The number of esters is 1. The van der Waals surface area contributed by atoms with Crippen molar-refractivity contribution in [3.05, 3.63) is 18.2 Å². The molecule has 0 atom stereocenters. The predicted molar refractivity (Wildman–Crippen MR) is 43.5 cm³/mol. The molecule has 1 aromatic heterocycles. The van der Waals surface area contributed by atoms with E-state index < -0.39 is 0 Å². The molecule has 0 saturated carbocycles. The first kappa shape index (κ1) is 8.77. The van der Waals surface area contributed by atoms with E-state index in [0.29, 0.717) is 19.4 Å². The van der Waals surface area contributed by atoms with Crippen LogP contribution in [0, 0.1) is 0 Å². The minimum atomic E-state index is -0.158. The maximum absolute atomic E-state index is 10.7. The zero-order valence-electron chi connectivity index (χ0n) is 7.04. The van der Waals surface area contributed by atoms with Gasteiger partial charge in [-0.25, -0.2) is 4.98 Å². The van der Waals surface area contributed by atoms with E-state index in [-0.39, 0.29) is 5.97 Å². The van der Waals surface area contributed by atoms with Crippen molar-refractivity contribution in [1.82, 2.24) is 9.97 Å². The molecule has 0 radical (unpaired) electrons. The van der Waals surface area contributed by atoms with Crippen LogP contribution in [0.15, 0.2) is 12.5 Å². The van der Waals surface area contributed by atoms with Crippen LogP contribution in [-0.4, -0.2) is 22.5 Å². The van der Waals surface area contributed by atoms with Gasteiger partial charge in [0, 0.05) is 24.7 Å². The van der Waals surface area contributed by atoms with Crippen LogP contribution >= 0.6 is 0 Å². The summed E-state index contributed by atoms with van der Waals surface area (Å²) in [4.78, 5) is 17.5. The summed E-state index contributed by atoms with van der Waals surface area (Å²) in [5.41, 5.74) is 0.985. The number of hydrogen-bond donors (Lipinski definition) is 1. The molecule has 1 aromatic rings. The van der Waals surface area contributed by atoms with Gasteiger partial charge >= 0.3 is 5.97 Å². The molecule has 0 aromatic carbocycles. The van der Waals surface area contributed by atoms with Crippen molar-refractivity contribution in [2.45, 2.75) is 19.8 Å². The molecule has 0 bridgehead atoms. The van der Waals surface area contributed by atoms with Crippen LogP contribution in [0.3, 0.4) is 0 Å². The number of aromatic nitrogens is 2. The highest BCUT2D eigenvalue weighted by molar-refractivity contribution is 5.68. The number of hydrogen-bond acceptors (Lipinski definition) is 3. The van der Waals surface area contributed by atoms with Crippen LogP contribution in [0.4, 0.5) is 0 Å². The molecule has 12 heavy (non-hydrogen) atoms. The van der Waals surface area contributed by atoms with Crippen LogP contribution in [-0.2, 0) is 16.0 Å². The van der Waals surface area contributed by atoms with Gasteiger partial charge in [-0.1, -0.05) is 6.92 Å². The van der Waals surface area contributed by atoms with E-state index in [4.69, 9.17) is 4.74 Å². The molecule has 0 saturated heterocycles. The average Bonchev–Trinajstić information content (AvgIpc) is 2.57. The number of aromatic amines is 1. The smallest absolute Gasteiger partial charge is 0.305 e. The number of rotatable bonds is 4. The normalized spacial score (nSPS) is 9.75. The fourth-order valence-electron chi connectivity index (χ4n) is 0.798. The molecule has 0 aliphatic rings. The highest BCUT2D eigenvalue weighted by Crippen LogP contribution is 1.93. The Bertz CT molecular complexity index is 231. The first-order valence-corrected chi connectivity index (χ1v) is 3.95. The third-order valence-corrected chi connectivity index (χ3v) is 1.48. The van der Waals surface area contributed by atoms with Crippen LogP contribution < -0.4 is 0 Å². The topological polar surface area (TPSA) is 55.0 Å². The highest BCUT2D eigenvalue weighted by atomic mass is 16.5. The third-order valence-electron chi connectivity index (χ3n) is 1.48. The molecule has 0 aliphatic carbocycles. The van der Waals surface area contributed by atoms with Crippen molar-refractivity contribution in [2.24, 2.45) is 0 Å². The fourth-order valence-corrected chi connectivity index (χ4v) is 0.798. The third kappa shape index (κ3) is 2.74. The Morgan fingerprint density at radius 3 is 3.17 bits per heavy atom. The molecule has 0 fully saturated rings. The van der Waals surface area contributed by atoms with E-state index in [0.717, 1.165) is 5.69 Å². The lowest BCUT2D eigenvalue weighted by molar-refractivity contribution is -0.143. The molecular weight excluding hydrogens is 156 g/mol. The molecule has 4 heteroatoms. The Morgan fingerprint density at radius 2 is 2.58 bits per heavy atom. The number of carbonyl (C=O) groups is 1. The largest absolute Gasteiger partial charge is 0.465 e.